The van der Waals surface area contributed by atoms with E-state index in [2.05, 4.69) is 13.8 Å². The molecule has 1 rings (SSSR count). The van der Waals surface area contributed by atoms with Gasteiger partial charge in [-0.25, -0.2) is 4.79 Å². The lowest BCUT2D eigenvalue weighted by Gasteiger charge is -2.26. The van der Waals surface area contributed by atoms with E-state index in [-0.39, 0.29) is 6.03 Å². The minimum Gasteiger partial charge on any atom is -0.325 e. The molecule has 0 aromatic carbocycles. The molecular weight excluding hydrogens is 176 g/mol. The van der Waals surface area contributed by atoms with Crippen molar-refractivity contribution in [3.63, 3.8) is 0 Å². The Kier molecular flexibility index (Phi) is 4.77. The summed E-state index contributed by atoms with van der Waals surface area (Å²) in [5, 5.41) is 0. The van der Waals surface area contributed by atoms with Crippen molar-refractivity contribution in [3.05, 3.63) is 0 Å². The first-order valence-corrected chi connectivity index (χ1v) is 5.83. The molecule has 1 saturated heterocycles. The first-order chi connectivity index (χ1) is 6.79. The van der Waals surface area contributed by atoms with Crippen molar-refractivity contribution in [2.45, 2.75) is 39.5 Å². The van der Waals surface area contributed by atoms with Crippen LogP contribution in [0.25, 0.3) is 0 Å². The molecule has 1 heterocycles. The third-order valence-electron chi connectivity index (χ3n) is 2.63. The zero-order chi connectivity index (χ0) is 10.4. The van der Waals surface area contributed by atoms with Gasteiger partial charge in [-0.15, -0.1) is 0 Å². The predicted molar refractivity (Wildman–Crippen MR) is 58.4 cm³/mol. The minimum absolute atomic E-state index is 0.256. The Balaban J connectivity index is 2.54. The fourth-order valence-corrected chi connectivity index (χ4v) is 1.95. The van der Waals surface area contributed by atoms with Gasteiger partial charge in [0, 0.05) is 26.2 Å². The molecule has 0 atom stereocenters. The van der Waals surface area contributed by atoms with Crippen molar-refractivity contribution in [1.29, 1.82) is 0 Å². The third kappa shape index (κ3) is 2.89. The van der Waals surface area contributed by atoms with Crippen molar-refractivity contribution in [2.75, 3.05) is 26.2 Å². The number of hydrogen-bond donors (Lipinski definition) is 0. The van der Waals surface area contributed by atoms with Gasteiger partial charge in [0.05, 0.1) is 0 Å². The fourth-order valence-electron chi connectivity index (χ4n) is 1.95. The Morgan fingerprint density at radius 2 is 1.43 bits per heavy atom. The minimum atomic E-state index is 0.256. The smallest absolute Gasteiger partial charge is 0.319 e. The van der Waals surface area contributed by atoms with Gasteiger partial charge < -0.3 is 9.80 Å². The molecule has 0 spiro atoms. The number of nitrogens with zero attached hydrogens (tertiary/aromatic N) is 2. The van der Waals surface area contributed by atoms with E-state index in [9.17, 15) is 4.79 Å². The van der Waals surface area contributed by atoms with E-state index in [0.29, 0.717) is 0 Å². The van der Waals surface area contributed by atoms with Crippen LogP contribution in [-0.4, -0.2) is 42.0 Å². The second kappa shape index (κ2) is 5.89. The van der Waals surface area contributed by atoms with Crippen LogP contribution in [0.3, 0.4) is 0 Å². The Morgan fingerprint density at radius 1 is 1.00 bits per heavy atom. The van der Waals surface area contributed by atoms with Gasteiger partial charge in [0.15, 0.2) is 0 Å². The van der Waals surface area contributed by atoms with Crippen LogP contribution in [0, 0.1) is 0 Å². The van der Waals surface area contributed by atoms with E-state index < -0.39 is 0 Å². The molecule has 14 heavy (non-hydrogen) atoms. The molecule has 1 aliphatic heterocycles. The van der Waals surface area contributed by atoms with E-state index in [4.69, 9.17) is 0 Å². The van der Waals surface area contributed by atoms with E-state index in [0.717, 1.165) is 51.9 Å². The van der Waals surface area contributed by atoms with Gasteiger partial charge in [-0.1, -0.05) is 13.8 Å². The molecule has 2 amide bonds. The molecule has 1 fully saturated rings. The summed E-state index contributed by atoms with van der Waals surface area (Å²) in [7, 11) is 0. The number of urea groups is 1. The van der Waals surface area contributed by atoms with Crippen LogP contribution in [0.2, 0.25) is 0 Å². The summed E-state index contributed by atoms with van der Waals surface area (Å²) in [5.74, 6) is 0. The molecule has 0 saturated carbocycles. The number of amides is 2. The average Bonchev–Trinajstić information content (AvgIpc) is 2.34. The van der Waals surface area contributed by atoms with Gasteiger partial charge in [0.2, 0.25) is 0 Å². The lowest BCUT2D eigenvalue weighted by Crippen LogP contribution is -2.42. The molecule has 3 heteroatoms. The standard InChI is InChI=1S/C11H22N2O/c1-3-7-12-9-5-6-10-13(8-4-2)11(12)14/h3-10H2,1-2H3. The first kappa shape index (κ1) is 11.3. The summed E-state index contributed by atoms with van der Waals surface area (Å²) >= 11 is 0. The number of rotatable bonds is 4. The van der Waals surface area contributed by atoms with Crippen LogP contribution in [0.4, 0.5) is 4.79 Å². The van der Waals surface area contributed by atoms with Crippen LogP contribution in [0.5, 0.6) is 0 Å². The van der Waals surface area contributed by atoms with Gasteiger partial charge in [0.25, 0.3) is 0 Å². The van der Waals surface area contributed by atoms with Gasteiger partial charge in [-0.2, -0.15) is 0 Å². The topological polar surface area (TPSA) is 23.6 Å². The van der Waals surface area contributed by atoms with Gasteiger partial charge >= 0.3 is 6.03 Å². The molecule has 0 radical (unpaired) electrons. The number of carbonyl (C=O) groups excluding carboxylic acids is 1. The van der Waals surface area contributed by atoms with Crippen molar-refractivity contribution >= 4 is 6.03 Å². The van der Waals surface area contributed by atoms with Crippen molar-refractivity contribution in [1.82, 2.24) is 9.80 Å². The van der Waals surface area contributed by atoms with Crippen LogP contribution in [-0.2, 0) is 0 Å². The Bertz CT molecular complexity index is 164. The van der Waals surface area contributed by atoms with Crippen LogP contribution < -0.4 is 0 Å². The molecule has 3 nitrogen and oxygen atoms in total. The Hall–Kier alpha value is -0.730. The van der Waals surface area contributed by atoms with E-state index in [1.54, 1.807) is 0 Å². The molecule has 1 aliphatic rings. The maximum Gasteiger partial charge on any atom is 0.319 e. The summed E-state index contributed by atoms with van der Waals surface area (Å²) in [5.41, 5.74) is 0. The summed E-state index contributed by atoms with van der Waals surface area (Å²) in [6, 6.07) is 0.256. The summed E-state index contributed by atoms with van der Waals surface area (Å²) in [6.07, 6.45) is 4.44. The maximum absolute atomic E-state index is 12.0. The summed E-state index contributed by atoms with van der Waals surface area (Å²) in [6.45, 7) is 7.99. The molecule has 82 valence electrons. The van der Waals surface area contributed by atoms with Crippen molar-refractivity contribution < 1.29 is 4.79 Å². The van der Waals surface area contributed by atoms with Gasteiger partial charge in [-0.05, 0) is 25.7 Å². The predicted octanol–water partition coefficient (Wildman–Crippen LogP) is 2.32. The summed E-state index contributed by atoms with van der Waals surface area (Å²) < 4.78 is 0. The molecule has 0 unspecified atom stereocenters. The SMILES string of the molecule is CCCN1CCCCN(CCC)C1=O. The maximum atomic E-state index is 12.0. The monoisotopic (exact) mass is 198 g/mol. The molecule has 0 bridgehead atoms. The fraction of sp³-hybridized carbons (Fsp3) is 0.909. The molecule has 0 N–H and O–H groups in total. The zero-order valence-electron chi connectivity index (χ0n) is 9.46. The number of carbonyl (C=O) groups is 1. The lowest BCUT2D eigenvalue weighted by molar-refractivity contribution is 0.163. The normalized spacial score (nSPS) is 18.6. The Morgan fingerprint density at radius 3 is 1.79 bits per heavy atom. The van der Waals surface area contributed by atoms with Gasteiger partial charge in [0.1, 0.15) is 0 Å². The molecular formula is C11H22N2O. The highest BCUT2D eigenvalue weighted by Gasteiger charge is 2.21. The molecule has 0 aliphatic carbocycles. The highest BCUT2D eigenvalue weighted by atomic mass is 16.2. The molecule has 0 aromatic rings. The second-order valence-corrected chi connectivity index (χ2v) is 3.96. The van der Waals surface area contributed by atoms with Crippen LogP contribution in [0.15, 0.2) is 0 Å². The lowest BCUT2D eigenvalue weighted by atomic mass is 10.3. The van der Waals surface area contributed by atoms with Crippen LogP contribution >= 0.6 is 0 Å². The summed E-state index contributed by atoms with van der Waals surface area (Å²) in [4.78, 5) is 16.0. The first-order valence-electron chi connectivity index (χ1n) is 5.83. The van der Waals surface area contributed by atoms with E-state index >= 15 is 0 Å². The third-order valence-corrected chi connectivity index (χ3v) is 2.63. The van der Waals surface area contributed by atoms with Crippen molar-refractivity contribution in [2.24, 2.45) is 0 Å². The van der Waals surface area contributed by atoms with E-state index in [1.165, 1.54) is 0 Å². The van der Waals surface area contributed by atoms with E-state index in [1.807, 2.05) is 9.80 Å². The Labute approximate surface area is 87.1 Å². The van der Waals surface area contributed by atoms with Crippen molar-refractivity contribution in [3.8, 4) is 0 Å². The molecule has 0 aromatic heterocycles. The largest absolute Gasteiger partial charge is 0.325 e. The number of hydrogen-bond acceptors (Lipinski definition) is 1. The second-order valence-electron chi connectivity index (χ2n) is 3.96. The average molecular weight is 198 g/mol. The highest BCUT2D eigenvalue weighted by molar-refractivity contribution is 5.74. The van der Waals surface area contributed by atoms with Crippen LogP contribution in [0.1, 0.15) is 39.5 Å². The quantitative estimate of drug-likeness (QED) is 0.680. The highest BCUT2D eigenvalue weighted by Crippen LogP contribution is 2.10. The van der Waals surface area contributed by atoms with Gasteiger partial charge in [-0.3, -0.25) is 0 Å². The zero-order valence-corrected chi connectivity index (χ0v) is 9.46.